The topological polar surface area (TPSA) is 96.0 Å². The Morgan fingerprint density at radius 3 is 2.06 bits per heavy atom. The Morgan fingerprint density at radius 2 is 1.55 bits per heavy atom. The number of Topliss-reactive ketones (excluding diaryl/α,β-unsaturated/α-hetero) is 1. The summed E-state index contributed by atoms with van der Waals surface area (Å²) in [6.45, 7) is 4.80. The molecular weight excluding hydrogens is 418 g/mol. The van der Waals surface area contributed by atoms with Crippen LogP contribution in [0.15, 0.2) is 53.4 Å². The number of hydrogen-bond acceptors (Lipinski definition) is 6. The summed E-state index contributed by atoms with van der Waals surface area (Å²) in [6, 6.07) is 12.6. The van der Waals surface area contributed by atoms with Crippen molar-refractivity contribution in [2.45, 2.75) is 24.8 Å². The molecule has 2 aromatic carbocycles. The number of nitrogens with zero attached hydrogens (tertiary/aromatic N) is 2. The van der Waals surface area contributed by atoms with Crippen LogP contribution in [0.4, 0.5) is 5.69 Å². The SMILES string of the molecule is COc1ccc(S(=O)(=O)N2CCN(C(C)C(=O)Nc3ccc(C(C)=O)cc3)CC2)cc1. The second-order valence-corrected chi connectivity index (χ2v) is 9.35. The van der Waals surface area contributed by atoms with Gasteiger partial charge >= 0.3 is 0 Å². The largest absolute Gasteiger partial charge is 0.497 e. The number of methoxy groups -OCH3 is 1. The zero-order chi connectivity index (χ0) is 22.6. The van der Waals surface area contributed by atoms with Crippen LogP contribution < -0.4 is 10.1 Å². The predicted octanol–water partition coefficient (Wildman–Crippen LogP) is 2.23. The lowest BCUT2D eigenvalue weighted by molar-refractivity contribution is -0.121. The number of hydrogen-bond donors (Lipinski definition) is 1. The lowest BCUT2D eigenvalue weighted by Gasteiger charge is -2.36. The summed E-state index contributed by atoms with van der Waals surface area (Å²) >= 11 is 0. The average Bonchev–Trinajstić information content (AvgIpc) is 2.79. The minimum Gasteiger partial charge on any atom is -0.497 e. The van der Waals surface area contributed by atoms with Gasteiger partial charge in [0.1, 0.15) is 5.75 Å². The van der Waals surface area contributed by atoms with Crippen LogP contribution in [-0.2, 0) is 14.8 Å². The molecule has 1 aliphatic rings. The maximum atomic E-state index is 12.9. The van der Waals surface area contributed by atoms with Crippen molar-refractivity contribution in [3.05, 3.63) is 54.1 Å². The lowest BCUT2D eigenvalue weighted by Crippen LogP contribution is -2.53. The number of rotatable bonds is 7. The molecule has 1 saturated heterocycles. The number of anilines is 1. The normalized spacial score (nSPS) is 16.5. The van der Waals surface area contributed by atoms with Crippen molar-refractivity contribution < 1.29 is 22.7 Å². The fraction of sp³-hybridized carbons (Fsp3) is 0.364. The first kappa shape index (κ1) is 22.9. The van der Waals surface area contributed by atoms with Crippen molar-refractivity contribution in [3.63, 3.8) is 0 Å². The van der Waals surface area contributed by atoms with E-state index in [9.17, 15) is 18.0 Å². The number of piperazine rings is 1. The summed E-state index contributed by atoms with van der Waals surface area (Å²) in [6.07, 6.45) is 0. The Bertz CT molecular complexity index is 1030. The quantitative estimate of drug-likeness (QED) is 0.657. The van der Waals surface area contributed by atoms with Crippen molar-refractivity contribution >= 4 is 27.4 Å². The molecule has 1 atom stereocenters. The van der Waals surface area contributed by atoms with Gasteiger partial charge in [0.05, 0.1) is 18.0 Å². The van der Waals surface area contributed by atoms with E-state index in [1.807, 2.05) is 4.90 Å². The first-order chi connectivity index (χ1) is 14.7. The Labute approximate surface area is 182 Å². The molecule has 0 saturated carbocycles. The number of ether oxygens (including phenoxy) is 1. The van der Waals surface area contributed by atoms with Crippen LogP contribution >= 0.6 is 0 Å². The fourth-order valence-electron chi connectivity index (χ4n) is 3.43. The van der Waals surface area contributed by atoms with Gasteiger partial charge in [0.15, 0.2) is 5.78 Å². The second kappa shape index (κ2) is 9.59. The van der Waals surface area contributed by atoms with E-state index in [0.717, 1.165) is 0 Å². The van der Waals surface area contributed by atoms with E-state index >= 15 is 0 Å². The van der Waals surface area contributed by atoms with Crippen LogP contribution in [0, 0.1) is 0 Å². The lowest BCUT2D eigenvalue weighted by atomic mass is 10.1. The van der Waals surface area contributed by atoms with Crippen molar-refractivity contribution in [2.24, 2.45) is 0 Å². The molecule has 1 heterocycles. The first-order valence-electron chi connectivity index (χ1n) is 10.0. The van der Waals surface area contributed by atoms with E-state index in [4.69, 9.17) is 4.74 Å². The Kier molecular flexibility index (Phi) is 7.09. The van der Waals surface area contributed by atoms with Gasteiger partial charge in [0, 0.05) is 37.4 Å². The average molecular weight is 446 g/mol. The summed E-state index contributed by atoms with van der Waals surface area (Å²) in [5.41, 5.74) is 1.20. The molecule has 0 bridgehead atoms. The molecule has 1 unspecified atom stereocenters. The van der Waals surface area contributed by atoms with Gasteiger partial charge in [-0.1, -0.05) is 0 Å². The Morgan fingerprint density at radius 1 is 0.968 bits per heavy atom. The molecule has 1 amide bonds. The van der Waals surface area contributed by atoms with Crippen LogP contribution in [-0.4, -0.2) is 68.6 Å². The van der Waals surface area contributed by atoms with Gasteiger partial charge in [0.2, 0.25) is 15.9 Å². The van der Waals surface area contributed by atoms with Gasteiger partial charge in [-0.3, -0.25) is 14.5 Å². The molecule has 0 radical (unpaired) electrons. The molecule has 8 nitrogen and oxygen atoms in total. The van der Waals surface area contributed by atoms with E-state index in [1.54, 1.807) is 43.3 Å². The highest BCUT2D eigenvalue weighted by atomic mass is 32.2. The minimum atomic E-state index is -3.59. The van der Waals surface area contributed by atoms with Gasteiger partial charge in [-0.15, -0.1) is 0 Å². The highest BCUT2D eigenvalue weighted by molar-refractivity contribution is 7.89. The molecule has 0 aliphatic carbocycles. The van der Waals surface area contributed by atoms with Gasteiger partial charge in [-0.05, 0) is 62.4 Å². The van der Waals surface area contributed by atoms with Crippen LogP contribution in [0.3, 0.4) is 0 Å². The number of amides is 1. The van der Waals surface area contributed by atoms with Crippen LogP contribution in [0.5, 0.6) is 5.75 Å². The summed E-state index contributed by atoms with van der Waals surface area (Å²) < 4.78 is 32.3. The molecule has 1 aliphatic heterocycles. The second-order valence-electron chi connectivity index (χ2n) is 7.41. The van der Waals surface area contributed by atoms with E-state index < -0.39 is 16.1 Å². The molecule has 3 rings (SSSR count). The Hall–Kier alpha value is -2.75. The smallest absolute Gasteiger partial charge is 0.243 e. The number of sulfonamides is 1. The molecular formula is C22H27N3O5S. The van der Waals surface area contributed by atoms with Gasteiger partial charge in [-0.25, -0.2) is 8.42 Å². The van der Waals surface area contributed by atoms with Crippen molar-refractivity contribution in [1.82, 2.24) is 9.21 Å². The first-order valence-corrected chi connectivity index (χ1v) is 11.5. The zero-order valence-corrected chi connectivity index (χ0v) is 18.7. The number of nitrogens with one attached hydrogen (secondary N) is 1. The minimum absolute atomic E-state index is 0.0336. The molecule has 2 aromatic rings. The standard InChI is InChI=1S/C22H27N3O5S/c1-16(22(27)23-19-6-4-18(5-7-19)17(2)26)24-12-14-25(15-13-24)31(28,29)21-10-8-20(30-3)9-11-21/h4-11,16H,12-15H2,1-3H3,(H,23,27). The molecule has 1 fully saturated rings. The van der Waals surface area contributed by atoms with Gasteiger partial charge < -0.3 is 10.1 Å². The third-order valence-electron chi connectivity index (χ3n) is 5.46. The van der Waals surface area contributed by atoms with Crippen molar-refractivity contribution in [1.29, 1.82) is 0 Å². The molecule has 0 spiro atoms. The summed E-state index contributed by atoms with van der Waals surface area (Å²) in [5.74, 6) is 0.385. The maximum Gasteiger partial charge on any atom is 0.243 e. The molecule has 166 valence electrons. The predicted molar refractivity (Wildman–Crippen MR) is 118 cm³/mol. The van der Waals surface area contributed by atoms with E-state index in [-0.39, 0.29) is 16.6 Å². The summed E-state index contributed by atoms with van der Waals surface area (Å²) in [7, 11) is -2.06. The van der Waals surface area contributed by atoms with Crippen LogP contribution in [0.2, 0.25) is 0 Å². The van der Waals surface area contributed by atoms with Gasteiger partial charge in [-0.2, -0.15) is 4.31 Å². The Balaban J connectivity index is 1.57. The zero-order valence-electron chi connectivity index (χ0n) is 17.9. The molecule has 9 heteroatoms. The molecule has 31 heavy (non-hydrogen) atoms. The third-order valence-corrected chi connectivity index (χ3v) is 7.37. The van der Waals surface area contributed by atoms with Crippen LogP contribution in [0.1, 0.15) is 24.2 Å². The monoisotopic (exact) mass is 445 g/mol. The highest BCUT2D eigenvalue weighted by Gasteiger charge is 2.31. The third kappa shape index (κ3) is 5.30. The number of carbonyl (C=O) groups excluding carboxylic acids is 2. The number of benzene rings is 2. The number of carbonyl (C=O) groups is 2. The maximum absolute atomic E-state index is 12.9. The van der Waals surface area contributed by atoms with E-state index in [2.05, 4.69) is 5.32 Å². The summed E-state index contributed by atoms with van der Waals surface area (Å²) in [4.78, 5) is 26.2. The van der Waals surface area contributed by atoms with Crippen LogP contribution in [0.25, 0.3) is 0 Å². The van der Waals surface area contributed by atoms with Crippen molar-refractivity contribution in [2.75, 3.05) is 38.6 Å². The van der Waals surface area contributed by atoms with Crippen molar-refractivity contribution in [3.8, 4) is 5.75 Å². The highest BCUT2D eigenvalue weighted by Crippen LogP contribution is 2.21. The van der Waals surface area contributed by atoms with E-state index in [1.165, 1.54) is 30.5 Å². The molecule has 1 N–H and O–H groups in total. The fourth-order valence-corrected chi connectivity index (χ4v) is 4.85. The number of ketones is 1. The molecule has 0 aromatic heterocycles. The summed E-state index contributed by atoms with van der Waals surface area (Å²) in [5, 5.41) is 2.85. The van der Waals surface area contributed by atoms with E-state index in [0.29, 0.717) is 43.2 Å². The van der Waals surface area contributed by atoms with Gasteiger partial charge in [0.25, 0.3) is 0 Å².